The fraction of sp³-hybridized carbons (Fsp3) is 0.444. The van der Waals surface area contributed by atoms with E-state index in [1.54, 1.807) is 6.92 Å². The van der Waals surface area contributed by atoms with Gasteiger partial charge in [-0.1, -0.05) is 0 Å². The Balaban J connectivity index is 2.28. The lowest BCUT2D eigenvalue weighted by molar-refractivity contribution is -0.143. The molecule has 0 aliphatic heterocycles. The van der Waals surface area contributed by atoms with Gasteiger partial charge in [-0.3, -0.25) is 14.3 Å². The molecule has 1 rings (SSSR count). The number of hydrogen-bond donors (Lipinski definition) is 2. The summed E-state index contributed by atoms with van der Waals surface area (Å²) in [5, 5.41) is 6.24. The van der Waals surface area contributed by atoms with Crippen LogP contribution in [0.15, 0.2) is 12.4 Å². The first-order valence-electron chi connectivity index (χ1n) is 4.82. The summed E-state index contributed by atoms with van der Waals surface area (Å²) in [6.07, 6.45) is 2.97. The molecule has 0 fully saturated rings. The first-order valence-corrected chi connectivity index (χ1v) is 4.82. The Morgan fingerprint density at radius 1 is 1.62 bits per heavy atom. The van der Waals surface area contributed by atoms with Gasteiger partial charge in [-0.15, -0.1) is 0 Å². The molecule has 3 N–H and O–H groups in total. The van der Waals surface area contributed by atoms with Crippen LogP contribution in [-0.2, 0) is 20.9 Å². The lowest BCUT2D eigenvalue weighted by atomic mass is 10.5. The Labute approximate surface area is 92.6 Å². The summed E-state index contributed by atoms with van der Waals surface area (Å²) < 4.78 is 6.04. The maximum atomic E-state index is 11.3. The largest absolute Gasteiger partial charge is 0.465 e. The lowest BCUT2D eigenvalue weighted by Gasteiger charge is -2.04. The van der Waals surface area contributed by atoms with Crippen LogP contribution in [0.2, 0.25) is 0 Å². The van der Waals surface area contributed by atoms with Crippen LogP contribution in [-0.4, -0.2) is 34.8 Å². The first kappa shape index (κ1) is 12.0. The van der Waals surface area contributed by atoms with Crippen molar-refractivity contribution in [2.24, 2.45) is 0 Å². The maximum Gasteiger partial charge on any atom is 0.325 e. The van der Waals surface area contributed by atoms with E-state index in [-0.39, 0.29) is 19.0 Å². The van der Waals surface area contributed by atoms with Gasteiger partial charge in [-0.2, -0.15) is 5.10 Å². The van der Waals surface area contributed by atoms with Gasteiger partial charge in [-0.25, -0.2) is 0 Å². The van der Waals surface area contributed by atoms with Crippen molar-refractivity contribution in [1.82, 2.24) is 15.1 Å². The van der Waals surface area contributed by atoms with E-state index in [1.807, 2.05) is 0 Å². The Kier molecular flexibility index (Phi) is 4.31. The number of anilines is 1. The van der Waals surface area contributed by atoms with E-state index >= 15 is 0 Å². The van der Waals surface area contributed by atoms with Crippen LogP contribution >= 0.6 is 0 Å². The summed E-state index contributed by atoms with van der Waals surface area (Å²) >= 11 is 0. The number of carbonyl (C=O) groups excluding carboxylic acids is 2. The predicted molar refractivity (Wildman–Crippen MR) is 56.3 cm³/mol. The number of ether oxygens (including phenoxy) is 1. The van der Waals surface area contributed by atoms with Crippen LogP contribution in [0.25, 0.3) is 0 Å². The number of rotatable bonds is 5. The molecule has 0 aliphatic rings. The summed E-state index contributed by atoms with van der Waals surface area (Å²) in [5.74, 6) is -0.785. The van der Waals surface area contributed by atoms with Crippen molar-refractivity contribution in [2.45, 2.75) is 13.5 Å². The average Bonchev–Trinajstić information content (AvgIpc) is 2.61. The highest BCUT2D eigenvalue weighted by Crippen LogP contribution is 1.96. The molecule has 0 radical (unpaired) electrons. The molecule has 0 saturated carbocycles. The molecule has 7 heteroatoms. The molecule has 0 bridgehead atoms. The molecule has 0 atom stereocenters. The molecule has 1 aromatic heterocycles. The Morgan fingerprint density at radius 2 is 2.38 bits per heavy atom. The van der Waals surface area contributed by atoms with Gasteiger partial charge in [0.1, 0.15) is 13.1 Å². The molecule has 0 aromatic carbocycles. The zero-order chi connectivity index (χ0) is 12.0. The standard InChI is InChI=1S/C9H14N4O3/c1-2-16-9(15)4-11-8(14)6-13-5-7(10)3-12-13/h3,5H,2,4,6,10H2,1H3,(H,11,14). The number of nitrogens with zero attached hydrogens (tertiary/aromatic N) is 2. The molecular formula is C9H14N4O3. The van der Waals surface area contributed by atoms with Crippen molar-refractivity contribution in [3.63, 3.8) is 0 Å². The highest BCUT2D eigenvalue weighted by atomic mass is 16.5. The van der Waals surface area contributed by atoms with Crippen molar-refractivity contribution in [3.05, 3.63) is 12.4 Å². The first-order chi connectivity index (χ1) is 7.61. The lowest BCUT2D eigenvalue weighted by Crippen LogP contribution is -2.33. The number of nitrogen functional groups attached to an aromatic ring is 1. The minimum Gasteiger partial charge on any atom is -0.465 e. The van der Waals surface area contributed by atoms with Crippen LogP contribution in [0.1, 0.15) is 6.92 Å². The van der Waals surface area contributed by atoms with E-state index in [4.69, 9.17) is 5.73 Å². The molecular weight excluding hydrogens is 212 g/mol. The second kappa shape index (κ2) is 5.74. The van der Waals surface area contributed by atoms with Gasteiger partial charge in [0, 0.05) is 6.20 Å². The molecule has 1 amide bonds. The SMILES string of the molecule is CCOC(=O)CNC(=O)Cn1cc(N)cn1. The molecule has 0 saturated heterocycles. The van der Waals surface area contributed by atoms with Gasteiger partial charge in [-0.05, 0) is 6.92 Å². The summed E-state index contributed by atoms with van der Waals surface area (Å²) in [4.78, 5) is 22.2. The maximum absolute atomic E-state index is 11.3. The summed E-state index contributed by atoms with van der Waals surface area (Å²) in [6, 6.07) is 0. The van der Waals surface area contributed by atoms with Crippen LogP contribution in [0.5, 0.6) is 0 Å². The Hall–Kier alpha value is -2.05. The van der Waals surface area contributed by atoms with E-state index in [0.717, 1.165) is 0 Å². The minimum atomic E-state index is -0.462. The van der Waals surface area contributed by atoms with E-state index in [2.05, 4.69) is 15.2 Å². The van der Waals surface area contributed by atoms with Gasteiger partial charge in [0.25, 0.3) is 0 Å². The third-order valence-electron chi connectivity index (χ3n) is 1.69. The zero-order valence-electron chi connectivity index (χ0n) is 8.97. The van der Waals surface area contributed by atoms with Crippen molar-refractivity contribution in [1.29, 1.82) is 0 Å². The quantitative estimate of drug-likeness (QED) is 0.637. The average molecular weight is 226 g/mol. The van der Waals surface area contributed by atoms with Crippen LogP contribution in [0.4, 0.5) is 5.69 Å². The molecule has 0 spiro atoms. The number of hydrogen-bond acceptors (Lipinski definition) is 5. The summed E-state index contributed by atoms with van der Waals surface area (Å²) in [7, 11) is 0. The van der Waals surface area contributed by atoms with Crippen LogP contribution in [0.3, 0.4) is 0 Å². The zero-order valence-corrected chi connectivity index (χ0v) is 8.97. The number of aromatic nitrogens is 2. The van der Waals surface area contributed by atoms with E-state index < -0.39 is 5.97 Å². The normalized spacial score (nSPS) is 9.81. The third-order valence-corrected chi connectivity index (χ3v) is 1.69. The fourth-order valence-corrected chi connectivity index (χ4v) is 1.05. The number of amides is 1. The van der Waals surface area contributed by atoms with Crippen molar-refractivity contribution < 1.29 is 14.3 Å². The number of nitrogens with one attached hydrogen (secondary N) is 1. The number of esters is 1. The van der Waals surface area contributed by atoms with Crippen molar-refractivity contribution >= 4 is 17.6 Å². The van der Waals surface area contributed by atoms with E-state index in [1.165, 1.54) is 17.1 Å². The van der Waals surface area contributed by atoms with Gasteiger partial charge in [0.15, 0.2) is 0 Å². The highest BCUT2D eigenvalue weighted by molar-refractivity contribution is 5.81. The second-order valence-electron chi connectivity index (χ2n) is 3.05. The molecule has 1 aromatic rings. The van der Waals surface area contributed by atoms with Crippen LogP contribution < -0.4 is 11.1 Å². The molecule has 7 nitrogen and oxygen atoms in total. The van der Waals surface area contributed by atoms with E-state index in [9.17, 15) is 9.59 Å². The third kappa shape index (κ3) is 3.99. The Morgan fingerprint density at radius 3 is 2.94 bits per heavy atom. The molecule has 16 heavy (non-hydrogen) atoms. The van der Waals surface area contributed by atoms with Gasteiger partial charge in [0.2, 0.25) is 5.91 Å². The van der Waals surface area contributed by atoms with Crippen LogP contribution in [0, 0.1) is 0 Å². The van der Waals surface area contributed by atoms with Gasteiger partial charge in [0.05, 0.1) is 18.5 Å². The Bertz CT molecular complexity index is 375. The van der Waals surface area contributed by atoms with Gasteiger partial charge >= 0.3 is 5.97 Å². The minimum absolute atomic E-state index is 0.0244. The molecule has 0 unspecified atom stereocenters. The van der Waals surface area contributed by atoms with Gasteiger partial charge < -0.3 is 15.8 Å². The number of carbonyl (C=O) groups is 2. The summed E-state index contributed by atoms with van der Waals surface area (Å²) in [6.45, 7) is 1.89. The smallest absolute Gasteiger partial charge is 0.325 e. The summed E-state index contributed by atoms with van der Waals surface area (Å²) in [5.41, 5.74) is 5.91. The molecule has 1 heterocycles. The van der Waals surface area contributed by atoms with Crippen molar-refractivity contribution in [2.75, 3.05) is 18.9 Å². The van der Waals surface area contributed by atoms with E-state index in [0.29, 0.717) is 12.3 Å². The highest BCUT2D eigenvalue weighted by Gasteiger charge is 2.06. The second-order valence-corrected chi connectivity index (χ2v) is 3.05. The van der Waals surface area contributed by atoms with Crippen molar-refractivity contribution in [3.8, 4) is 0 Å². The molecule has 88 valence electrons. The molecule has 0 aliphatic carbocycles. The predicted octanol–water partition coefficient (Wildman–Crippen LogP) is -0.855. The fourth-order valence-electron chi connectivity index (χ4n) is 1.05. The monoisotopic (exact) mass is 226 g/mol. The number of nitrogens with two attached hydrogens (primary N) is 1. The topological polar surface area (TPSA) is 99.2 Å².